The van der Waals surface area contributed by atoms with Gasteiger partial charge >= 0.3 is 5.97 Å². The van der Waals surface area contributed by atoms with Crippen LogP contribution >= 0.6 is 0 Å². The number of pyridine rings is 1. The monoisotopic (exact) mass is 350 g/mol. The molecule has 7 heteroatoms. The molecule has 0 spiro atoms. The number of imidazole rings is 1. The summed E-state index contributed by atoms with van der Waals surface area (Å²) in [6.45, 7) is 3.45. The van der Waals surface area contributed by atoms with Gasteiger partial charge in [0.15, 0.2) is 11.6 Å². The average molecular weight is 350 g/mol. The second kappa shape index (κ2) is 7.26. The van der Waals surface area contributed by atoms with Crippen LogP contribution in [0.1, 0.15) is 28.5 Å². The van der Waals surface area contributed by atoms with Crippen LogP contribution < -0.4 is 0 Å². The third-order valence-electron chi connectivity index (χ3n) is 3.96. The first-order chi connectivity index (χ1) is 12.5. The molecule has 3 rings (SSSR count). The summed E-state index contributed by atoms with van der Waals surface area (Å²) in [5, 5.41) is 8.52. The van der Waals surface area contributed by atoms with Crippen LogP contribution in [0.4, 0.5) is 11.5 Å². The molecule has 0 saturated carbocycles. The van der Waals surface area contributed by atoms with Gasteiger partial charge in [-0.2, -0.15) is 0 Å². The lowest BCUT2D eigenvalue weighted by atomic mass is 10.1. The summed E-state index contributed by atoms with van der Waals surface area (Å²) < 4.78 is 6.53. The lowest BCUT2D eigenvalue weighted by molar-refractivity contribution is -0.139. The van der Waals surface area contributed by atoms with Crippen molar-refractivity contribution in [3.05, 3.63) is 59.4 Å². The van der Waals surface area contributed by atoms with Gasteiger partial charge < -0.3 is 4.74 Å². The Morgan fingerprint density at radius 3 is 2.54 bits per heavy atom. The van der Waals surface area contributed by atoms with Crippen LogP contribution in [0.5, 0.6) is 0 Å². The average Bonchev–Trinajstić information content (AvgIpc) is 2.98. The first-order valence-electron chi connectivity index (χ1n) is 8.05. The first-order valence-corrected chi connectivity index (χ1v) is 8.05. The van der Waals surface area contributed by atoms with E-state index < -0.39 is 5.97 Å². The summed E-state index contributed by atoms with van der Waals surface area (Å²) >= 11 is 0. The molecule has 132 valence electrons. The minimum atomic E-state index is -0.395. The second-order valence-corrected chi connectivity index (χ2v) is 5.82. The summed E-state index contributed by atoms with van der Waals surface area (Å²) in [4.78, 5) is 27.6. The lowest BCUT2D eigenvalue weighted by Gasteiger charge is -2.00. The molecule has 0 saturated heterocycles. The van der Waals surface area contributed by atoms with Gasteiger partial charge in [0, 0.05) is 11.8 Å². The Morgan fingerprint density at radius 2 is 1.88 bits per heavy atom. The number of rotatable bonds is 5. The topological polar surface area (TPSA) is 85.4 Å². The van der Waals surface area contributed by atoms with Crippen molar-refractivity contribution < 1.29 is 14.3 Å². The lowest BCUT2D eigenvalue weighted by Crippen LogP contribution is -2.04. The zero-order valence-electron chi connectivity index (χ0n) is 14.8. The van der Waals surface area contributed by atoms with E-state index in [0.29, 0.717) is 28.4 Å². The summed E-state index contributed by atoms with van der Waals surface area (Å²) in [6.07, 6.45) is 1.83. The van der Waals surface area contributed by atoms with Gasteiger partial charge in [0.1, 0.15) is 5.65 Å². The Bertz CT molecular complexity index is 1000. The number of methoxy groups -OCH3 is 1. The molecule has 7 nitrogen and oxygen atoms in total. The van der Waals surface area contributed by atoms with Crippen molar-refractivity contribution in [2.75, 3.05) is 7.11 Å². The van der Waals surface area contributed by atoms with Crippen LogP contribution in [0.25, 0.3) is 5.65 Å². The van der Waals surface area contributed by atoms with E-state index in [4.69, 9.17) is 4.74 Å². The zero-order valence-corrected chi connectivity index (χ0v) is 14.8. The van der Waals surface area contributed by atoms with E-state index in [1.165, 1.54) is 14.0 Å². The number of azo groups is 1. The number of ether oxygens (including phenoxy) is 1. The van der Waals surface area contributed by atoms with Gasteiger partial charge in [-0.1, -0.05) is 6.07 Å². The van der Waals surface area contributed by atoms with E-state index in [1.807, 2.05) is 25.3 Å². The Hall–Kier alpha value is -3.35. The van der Waals surface area contributed by atoms with Gasteiger partial charge in [0.2, 0.25) is 0 Å². The summed E-state index contributed by atoms with van der Waals surface area (Å²) in [5.41, 5.74) is 3.38. The van der Waals surface area contributed by atoms with E-state index in [9.17, 15) is 9.59 Å². The third kappa shape index (κ3) is 3.51. The molecule has 0 aliphatic rings. The molecular weight excluding hydrogens is 332 g/mol. The number of esters is 1. The molecule has 0 unspecified atom stereocenters. The Kier molecular flexibility index (Phi) is 4.88. The summed E-state index contributed by atoms with van der Waals surface area (Å²) in [7, 11) is 1.33. The summed E-state index contributed by atoms with van der Waals surface area (Å²) in [5.74, 6) is 0.0733. The van der Waals surface area contributed by atoms with Gasteiger partial charge in [-0.05, 0) is 49.7 Å². The molecule has 1 aromatic carbocycles. The van der Waals surface area contributed by atoms with E-state index in [-0.39, 0.29) is 12.2 Å². The maximum atomic E-state index is 11.7. The van der Waals surface area contributed by atoms with Gasteiger partial charge in [-0.25, -0.2) is 4.98 Å². The highest BCUT2D eigenvalue weighted by Crippen LogP contribution is 2.26. The van der Waals surface area contributed by atoms with Crippen LogP contribution in [0.2, 0.25) is 0 Å². The molecule has 0 atom stereocenters. The van der Waals surface area contributed by atoms with Gasteiger partial charge in [0.25, 0.3) is 0 Å². The standard InChI is InChI=1S/C19H18N4O3/c1-12-5-4-10-23-18(12)20-16(11-17(25)26-3)19(23)22-21-15-8-6-14(7-9-15)13(2)24/h4-10H,11H2,1-3H3. The minimum absolute atomic E-state index is 0.00823. The van der Waals surface area contributed by atoms with Crippen molar-refractivity contribution in [1.82, 2.24) is 9.38 Å². The molecule has 2 heterocycles. The Labute approximate surface area is 150 Å². The number of fused-ring (bicyclic) bond motifs is 1. The molecule has 0 bridgehead atoms. The molecule has 0 N–H and O–H groups in total. The van der Waals surface area contributed by atoms with Crippen molar-refractivity contribution in [2.24, 2.45) is 10.2 Å². The van der Waals surface area contributed by atoms with Crippen LogP contribution in [0.15, 0.2) is 52.8 Å². The first kappa shape index (κ1) is 17.5. The molecule has 0 amide bonds. The largest absolute Gasteiger partial charge is 0.469 e. The van der Waals surface area contributed by atoms with E-state index >= 15 is 0 Å². The molecule has 0 fully saturated rings. The van der Waals surface area contributed by atoms with Crippen molar-refractivity contribution in [3.63, 3.8) is 0 Å². The molecule has 0 radical (unpaired) electrons. The number of carbonyl (C=O) groups is 2. The van der Waals surface area contributed by atoms with Crippen molar-refractivity contribution in [1.29, 1.82) is 0 Å². The van der Waals surface area contributed by atoms with Crippen LogP contribution in [-0.4, -0.2) is 28.2 Å². The number of aromatic nitrogens is 2. The molecule has 2 aromatic heterocycles. The quantitative estimate of drug-likeness (QED) is 0.396. The molecule has 3 aromatic rings. The zero-order chi connectivity index (χ0) is 18.7. The van der Waals surface area contributed by atoms with Gasteiger partial charge in [0.05, 0.1) is 24.9 Å². The van der Waals surface area contributed by atoms with Gasteiger partial charge in [-0.3, -0.25) is 14.0 Å². The number of hydrogen-bond acceptors (Lipinski definition) is 6. The number of Topliss-reactive ketones (excluding diaryl/α,β-unsaturated/α-hetero) is 1. The van der Waals surface area contributed by atoms with Gasteiger partial charge in [-0.15, -0.1) is 10.2 Å². The van der Waals surface area contributed by atoms with Crippen LogP contribution in [-0.2, 0) is 16.0 Å². The number of nitrogens with zero attached hydrogens (tertiary/aromatic N) is 4. The molecule has 0 aliphatic heterocycles. The number of carbonyl (C=O) groups excluding carboxylic acids is 2. The minimum Gasteiger partial charge on any atom is -0.469 e. The maximum Gasteiger partial charge on any atom is 0.311 e. The van der Waals surface area contributed by atoms with Crippen molar-refractivity contribution >= 4 is 28.9 Å². The number of ketones is 1. The van der Waals surface area contributed by atoms with E-state index in [0.717, 1.165) is 5.56 Å². The second-order valence-electron chi connectivity index (χ2n) is 5.82. The fourth-order valence-electron chi connectivity index (χ4n) is 2.54. The predicted molar refractivity (Wildman–Crippen MR) is 96.3 cm³/mol. The normalized spacial score (nSPS) is 11.2. The highest BCUT2D eigenvalue weighted by atomic mass is 16.5. The predicted octanol–water partition coefficient (Wildman–Crippen LogP) is 3.98. The highest BCUT2D eigenvalue weighted by Gasteiger charge is 2.16. The number of hydrogen-bond donors (Lipinski definition) is 0. The highest BCUT2D eigenvalue weighted by molar-refractivity contribution is 5.94. The Morgan fingerprint density at radius 1 is 1.15 bits per heavy atom. The van der Waals surface area contributed by atoms with E-state index in [1.54, 1.807) is 28.7 Å². The smallest absolute Gasteiger partial charge is 0.311 e. The number of benzene rings is 1. The van der Waals surface area contributed by atoms with Crippen molar-refractivity contribution in [3.8, 4) is 0 Å². The fraction of sp³-hybridized carbons (Fsp3) is 0.211. The fourth-order valence-corrected chi connectivity index (χ4v) is 2.54. The maximum absolute atomic E-state index is 11.7. The third-order valence-corrected chi connectivity index (χ3v) is 3.96. The van der Waals surface area contributed by atoms with Crippen LogP contribution in [0, 0.1) is 6.92 Å². The summed E-state index contributed by atoms with van der Waals surface area (Å²) in [6, 6.07) is 10.6. The molecular formula is C19H18N4O3. The Balaban J connectivity index is 2.01. The SMILES string of the molecule is COC(=O)Cc1nc2c(C)cccn2c1N=Nc1ccc(C(C)=O)cc1. The number of aryl methyl sites for hydroxylation is 1. The van der Waals surface area contributed by atoms with Crippen LogP contribution in [0.3, 0.4) is 0 Å². The van der Waals surface area contributed by atoms with Crippen molar-refractivity contribution in [2.45, 2.75) is 20.3 Å². The molecule has 26 heavy (non-hydrogen) atoms. The molecule has 0 aliphatic carbocycles. The van der Waals surface area contributed by atoms with E-state index in [2.05, 4.69) is 15.2 Å².